The molecule has 1 amide bonds. The molecule has 0 aliphatic carbocycles. The molecular weight excluding hydrogens is 240 g/mol. The van der Waals surface area contributed by atoms with Crippen molar-refractivity contribution in [3.05, 3.63) is 0 Å². The highest BCUT2D eigenvalue weighted by atomic mass is 16.6. The Labute approximate surface area is 117 Å². The molecule has 1 saturated heterocycles. The molecule has 0 aromatic heterocycles. The zero-order valence-electron chi connectivity index (χ0n) is 13.2. The summed E-state index contributed by atoms with van der Waals surface area (Å²) in [6, 6.07) is 0.827. The van der Waals surface area contributed by atoms with Gasteiger partial charge in [-0.15, -0.1) is 0 Å². The Morgan fingerprint density at radius 1 is 1.37 bits per heavy atom. The van der Waals surface area contributed by atoms with Gasteiger partial charge >= 0.3 is 6.09 Å². The van der Waals surface area contributed by atoms with Gasteiger partial charge in [0.1, 0.15) is 5.60 Å². The molecule has 4 nitrogen and oxygen atoms in total. The molecule has 1 unspecified atom stereocenters. The lowest BCUT2D eigenvalue weighted by Gasteiger charge is -2.37. The van der Waals surface area contributed by atoms with Crippen molar-refractivity contribution in [1.82, 2.24) is 10.2 Å². The van der Waals surface area contributed by atoms with Gasteiger partial charge in [-0.05, 0) is 53.0 Å². The van der Waals surface area contributed by atoms with Gasteiger partial charge in [0.15, 0.2) is 0 Å². The van der Waals surface area contributed by atoms with Crippen LogP contribution in [0, 0.1) is 0 Å². The number of nitrogens with zero attached hydrogens (tertiary/aromatic N) is 1. The molecule has 0 bridgehead atoms. The largest absolute Gasteiger partial charge is 0.444 e. The van der Waals surface area contributed by atoms with E-state index in [9.17, 15) is 4.79 Å². The molecule has 1 atom stereocenters. The summed E-state index contributed by atoms with van der Waals surface area (Å²) in [6.45, 7) is 11.8. The van der Waals surface area contributed by atoms with E-state index in [2.05, 4.69) is 19.2 Å². The molecule has 0 saturated carbocycles. The lowest BCUT2D eigenvalue weighted by Crippen LogP contribution is -2.47. The van der Waals surface area contributed by atoms with Crippen LogP contribution in [0.4, 0.5) is 4.79 Å². The normalized spacial score (nSPS) is 20.7. The van der Waals surface area contributed by atoms with Crippen molar-refractivity contribution in [3.8, 4) is 0 Å². The lowest BCUT2D eigenvalue weighted by molar-refractivity contribution is 0.00891. The summed E-state index contributed by atoms with van der Waals surface area (Å²) in [4.78, 5) is 14.1. The molecule has 0 spiro atoms. The number of nitrogens with one attached hydrogen (secondary N) is 1. The molecule has 4 heteroatoms. The molecule has 0 radical (unpaired) electrons. The van der Waals surface area contributed by atoms with Crippen molar-refractivity contribution in [2.45, 2.75) is 78.0 Å². The summed E-state index contributed by atoms with van der Waals surface area (Å²) in [5, 5.41) is 3.42. The SMILES string of the molecule is CC(C)NCCC1CCCCN1C(=O)OC(C)(C)C. The Bertz CT molecular complexity index is 284. The van der Waals surface area contributed by atoms with E-state index in [4.69, 9.17) is 4.74 Å². The van der Waals surface area contributed by atoms with Gasteiger partial charge < -0.3 is 15.0 Å². The highest BCUT2D eigenvalue weighted by molar-refractivity contribution is 5.68. The quantitative estimate of drug-likeness (QED) is 0.853. The molecule has 1 fully saturated rings. The van der Waals surface area contributed by atoms with E-state index >= 15 is 0 Å². The average Bonchev–Trinajstić information content (AvgIpc) is 2.26. The predicted octanol–water partition coefficient (Wildman–Crippen LogP) is 3.16. The molecule has 1 rings (SSSR count). The van der Waals surface area contributed by atoms with Crippen molar-refractivity contribution < 1.29 is 9.53 Å². The van der Waals surface area contributed by atoms with Gasteiger partial charge in [0, 0.05) is 18.6 Å². The number of ether oxygens (including phenoxy) is 1. The fourth-order valence-corrected chi connectivity index (χ4v) is 2.40. The van der Waals surface area contributed by atoms with Crippen molar-refractivity contribution in [2.75, 3.05) is 13.1 Å². The molecular formula is C15H30N2O2. The zero-order valence-corrected chi connectivity index (χ0v) is 13.2. The first kappa shape index (κ1) is 16.3. The summed E-state index contributed by atoms with van der Waals surface area (Å²) >= 11 is 0. The van der Waals surface area contributed by atoms with Crippen molar-refractivity contribution in [2.24, 2.45) is 0 Å². The number of rotatable bonds is 4. The number of hydrogen-bond acceptors (Lipinski definition) is 3. The maximum atomic E-state index is 12.2. The minimum Gasteiger partial charge on any atom is -0.444 e. The van der Waals surface area contributed by atoms with E-state index in [1.807, 2.05) is 25.7 Å². The van der Waals surface area contributed by atoms with Crippen molar-refractivity contribution >= 4 is 6.09 Å². The second kappa shape index (κ2) is 7.13. The minimum atomic E-state index is -0.407. The summed E-state index contributed by atoms with van der Waals surface area (Å²) in [5.74, 6) is 0. The molecule has 19 heavy (non-hydrogen) atoms. The van der Waals surface area contributed by atoms with Crippen LogP contribution < -0.4 is 5.32 Å². The zero-order chi connectivity index (χ0) is 14.5. The van der Waals surface area contributed by atoms with Crippen LogP contribution in [0.5, 0.6) is 0 Å². The van der Waals surface area contributed by atoms with Crippen LogP contribution in [0.15, 0.2) is 0 Å². The number of carbonyl (C=O) groups is 1. The number of carbonyl (C=O) groups excluding carboxylic acids is 1. The van der Waals surface area contributed by atoms with Gasteiger partial charge in [0.2, 0.25) is 0 Å². The highest BCUT2D eigenvalue weighted by Crippen LogP contribution is 2.22. The molecule has 0 aromatic carbocycles. The van der Waals surface area contributed by atoms with Crippen LogP contribution in [0.3, 0.4) is 0 Å². The predicted molar refractivity (Wildman–Crippen MR) is 78.3 cm³/mol. The monoisotopic (exact) mass is 270 g/mol. The Balaban J connectivity index is 2.49. The van der Waals surface area contributed by atoms with E-state index in [-0.39, 0.29) is 6.09 Å². The first-order chi connectivity index (χ1) is 8.79. The van der Waals surface area contributed by atoms with Crippen LogP contribution in [0.1, 0.15) is 60.3 Å². The number of likely N-dealkylation sites (tertiary alicyclic amines) is 1. The lowest BCUT2D eigenvalue weighted by atomic mass is 10.00. The van der Waals surface area contributed by atoms with Gasteiger partial charge in [-0.3, -0.25) is 0 Å². The van der Waals surface area contributed by atoms with E-state index in [0.717, 1.165) is 32.4 Å². The molecule has 0 aromatic rings. The average molecular weight is 270 g/mol. The first-order valence-electron chi connectivity index (χ1n) is 7.52. The van der Waals surface area contributed by atoms with E-state index in [1.165, 1.54) is 6.42 Å². The fourth-order valence-electron chi connectivity index (χ4n) is 2.40. The Morgan fingerprint density at radius 3 is 2.63 bits per heavy atom. The summed E-state index contributed by atoms with van der Waals surface area (Å²) in [5.41, 5.74) is -0.407. The van der Waals surface area contributed by atoms with Crippen molar-refractivity contribution in [3.63, 3.8) is 0 Å². The van der Waals surface area contributed by atoms with Gasteiger partial charge in [-0.1, -0.05) is 13.8 Å². The van der Waals surface area contributed by atoms with Crippen LogP contribution >= 0.6 is 0 Å². The third-order valence-corrected chi connectivity index (χ3v) is 3.29. The minimum absolute atomic E-state index is 0.151. The second-order valence-corrected chi connectivity index (χ2v) is 6.72. The summed E-state index contributed by atoms with van der Waals surface area (Å²) in [7, 11) is 0. The van der Waals surface area contributed by atoms with Crippen LogP contribution in [0.25, 0.3) is 0 Å². The number of amides is 1. The van der Waals surface area contributed by atoms with Crippen LogP contribution in [-0.2, 0) is 4.74 Å². The van der Waals surface area contributed by atoms with Crippen molar-refractivity contribution in [1.29, 1.82) is 0 Å². The Morgan fingerprint density at radius 2 is 2.05 bits per heavy atom. The fraction of sp³-hybridized carbons (Fsp3) is 0.933. The molecule has 1 heterocycles. The van der Waals surface area contributed by atoms with Gasteiger partial charge in [-0.25, -0.2) is 4.79 Å². The number of piperidine rings is 1. The van der Waals surface area contributed by atoms with E-state index < -0.39 is 5.60 Å². The molecule has 1 N–H and O–H groups in total. The standard InChI is InChI=1S/C15H30N2O2/c1-12(2)16-10-9-13-8-6-7-11-17(13)14(18)19-15(3,4)5/h12-13,16H,6-11H2,1-5H3. The molecule has 1 aliphatic heterocycles. The molecule has 112 valence electrons. The molecule has 1 aliphatic rings. The van der Waals surface area contributed by atoms with Gasteiger partial charge in [0.25, 0.3) is 0 Å². The summed E-state index contributed by atoms with van der Waals surface area (Å²) in [6.07, 6.45) is 4.26. The number of hydrogen-bond donors (Lipinski definition) is 1. The van der Waals surface area contributed by atoms with Gasteiger partial charge in [0.05, 0.1) is 0 Å². The van der Waals surface area contributed by atoms with E-state index in [0.29, 0.717) is 12.1 Å². The topological polar surface area (TPSA) is 41.6 Å². The first-order valence-corrected chi connectivity index (χ1v) is 7.52. The third kappa shape index (κ3) is 6.28. The highest BCUT2D eigenvalue weighted by Gasteiger charge is 2.29. The van der Waals surface area contributed by atoms with Crippen LogP contribution in [0.2, 0.25) is 0 Å². The summed E-state index contributed by atoms with van der Waals surface area (Å²) < 4.78 is 5.50. The Hall–Kier alpha value is -0.770. The maximum absolute atomic E-state index is 12.2. The third-order valence-electron chi connectivity index (χ3n) is 3.29. The smallest absolute Gasteiger partial charge is 0.410 e. The second-order valence-electron chi connectivity index (χ2n) is 6.72. The van der Waals surface area contributed by atoms with E-state index in [1.54, 1.807) is 0 Å². The van der Waals surface area contributed by atoms with Crippen LogP contribution in [-0.4, -0.2) is 41.8 Å². The Kier molecular flexibility index (Phi) is 6.11. The van der Waals surface area contributed by atoms with Gasteiger partial charge in [-0.2, -0.15) is 0 Å². The maximum Gasteiger partial charge on any atom is 0.410 e.